The van der Waals surface area contributed by atoms with Crippen molar-refractivity contribution in [3.05, 3.63) is 12.2 Å². The first-order valence-electron chi connectivity index (χ1n) is 11.7. The second kappa shape index (κ2) is 6.52. The lowest BCUT2D eigenvalue weighted by Gasteiger charge is -2.74. The van der Waals surface area contributed by atoms with Crippen molar-refractivity contribution in [2.75, 3.05) is 19.9 Å². The third-order valence-corrected chi connectivity index (χ3v) is 9.79. The van der Waals surface area contributed by atoms with Gasteiger partial charge in [0.25, 0.3) is 0 Å². The quantitative estimate of drug-likeness (QED) is 0.552. The molecule has 6 rings (SSSR count). The van der Waals surface area contributed by atoms with Crippen LogP contribution in [0.15, 0.2) is 12.2 Å². The normalized spacial score (nSPS) is 52.7. The molecular formula is C24H39NO4. The first kappa shape index (κ1) is 20.4. The summed E-state index contributed by atoms with van der Waals surface area (Å²) in [4.78, 5) is 0. The average Bonchev–Trinajstić information content (AvgIpc) is 2.69. The van der Waals surface area contributed by atoms with Crippen molar-refractivity contribution >= 4 is 0 Å². The molecule has 5 saturated carbocycles. The number of hydrogen-bond donors (Lipinski definition) is 2. The lowest BCUT2D eigenvalue weighted by atomic mass is 9.35. The van der Waals surface area contributed by atoms with Crippen molar-refractivity contribution in [2.45, 2.75) is 83.7 Å². The predicted octanol–water partition coefficient (Wildman–Crippen LogP) is 3.60. The van der Waals surface area contributed by atoms with Gasteiger partial charge < -0.3 is 25.1 Å². The highest BCUT2D eigenvalue weighted by Gasteiger charge is 2.74. The Hall–Kier alpha value is -0.460. The van der Waals surface area contributed by atoms with Gasteiger partial charge in [-0.05, 0) is 81.1 Å². The smallest absolute Gasteiger partial charge is 0.163 e. The largest absolute Gasteiger partial charge is 0.396 e. The summed E-state index contributed by atoms with van der Waals surface area (Å²) in [6.07, 6.45) is 8.08. The van der Waals surface area contributed by atoms with E-state index >= 15 is 0 Å². The molecule has 0 aromatic rings. The average molecular weight is 406 g/mol. The molecule has 1 heterocycles. The lowest BCUT2D eigenvalue weighted by Crippen LogP contribution is -2.75. The van der Waals surface area contributed by atoms with Crippen LogP contribution in [0.5, 0.6) is 0 Å². The Balaban J connectivity index is 1.66. The van der Waals surface area contributed by atoms with Crippen LogP contribution in [0.25, 0.3) is 0 Å². The second-order valence-corrected chi connectivity index (χ2v) is 11.4. The van der Waals surface area contributed by atoms with Crippen molar-refractivity contribution in [3.63, 3.8) is 0 Å². The maximum atomic E-state index is 10.5. The Bertz CT molecular complexity index is 694. The highest BCUT2D eigenvalue weighted by molar-refractivity contribution is 5.30. The fourth-order valence-corrected chi connectivity index (χ4v) is 8.70. The minimum Gasteiger partial charge on any atom is -0.396 e. The number of fused-ring (bicyclic) bond motifs is 2. The summed E-state index contributed by atoms with van der Waals surface area (Å²) >= 11 is 0. The predicted molar refractivity (Wildman–Crippen MR) is 111 cm³/mol. The van der Waals surface area contributed by atoms with Gasteiger partial charge in [-0.25, -0.2) is 0 Å². The number of hydrogen-bond acceptors (Lipinski definition) is 5. The van der Waals surface area contributed by atoms with Crippen molar-refractivity contribution in [1.29, 1.82) is 0 Å². The number of ether oxygens (including phenoxy) is 3. The van der Waals surface area contributed by atoms with Crippen molar-refractivity contribution in [3.8, 4) is 0 Å². The second-order valence-electron chi connectivity index (χ2n) is 11.4. The van der Waals surface area contributed by atoms with Gasteiger partial charge in [0.1, 0.15) is 0 Å². The molecular weight excluding hydrogens is 366 g/mol. The first-order chi connectivity index (χ1) is 13.7. The van der Waals surface area contributed by atoms with Crippen LogP contribution in [0.4, 0.5) is 0 Å². The molecule has 5 aliphatic carbocycles. The summed E-state index contributed by atoms with van der Waals surface area (Å²) in [6, 6.07) is 0. The van der Waals surface area contributed by atoms with Gasteiger partial charge in [0.2, 0.25) is 0 Å². The van der Waals surface area contributed by atoms with E-state index in [-0.39, 0.29) is 41.8 Å². The summed E-state index contributed by atoms with van der Waals surface area (Å²) in [7, 11) is 0. The van der Waals surface area contributed by atoms with Crippen LogP contribution in [-0.4, -0.2) is 43.0 Å². The van der Waals surface area contributed by atoms with Crippen LogP contribution in [-0.2, 0) is 14.2 Å². The highest BCUT2D eigenvalue weighted by Crippen LogP contribution is 2.74. The fraction of sp³-hybridized carbons (Fsp3) is 0.917. The van der Waals surface area contributed by atoms with E-state index < -0.39 is 5.79 Å². The zero-order valence-corrected chi connectivity index (χ0v) is 18.4. The number of nitrogens with two attached hydrogens (primary N) is 1. The Morgan fingerprint density at radius 2 is 1.93 bits per heavy atom. The molecule has 1 saturated heterocycles. The molecule has 6 fully saturated rings. The molecule has 164 valence electrons. The van der Waals surface area contributed by atoms with Crippen molar-refractivity contribution < 1.29 is 19.3 Å². The van der Waals surface area contributed by atoms with Crippen LogP contribution in [0.3, 0.4) is 0 Å². The van der Waals surface area contributed by atoms with Crippen LogP contribution in [0.2, 0.25) is 0 Å². The third kappa shape index (κ3) is 2.57. The van der Waals surface area contributed by atoms with Gasteiger partial charge in [-0.3, -0.25) is 0 Å². The zero-order chi connectivity index (χ0) is 20.7. The molecule has 5 heteroatoms. The van der Waals surface area contributed by atoms with Crippen molar-refractivity contribution in [2.24, 2.45) is 39.7 Å². The van der Waals surface area contributed by atoms with Crippen LogP contribution in [0.1, 0.15) is 65.7 Å². The molecule has 0 amide bonds. The molecule has 6 aliphatic rings. The first-order valence-corrected chi connectivity index (χ1v) is 11.7. The molecule has 0 radical (unpaired) electrons. The van der Waals surface area contributed by atoms with E-state index in [9.17, 15) is 5.11 Å². The number of aliphatic hydroxyl groups is 1. The van der Waals surface area contributed by atoms with Crippen LogP contribution >= 0.6 is 0 Å². The molecule has 1 spiro atoms. The van der Waals surface area contributed by atoms with E-state index in [0.717, 1.165) is 38.5 Å². The van der Waals surface area contributed by atoms with E-state index in [0.29, 0.717) is 24.4 Å². The highest BCUT2D eigenvalue weighted by atomic mass is 16.7. The Morgan fingerprint density at radius 3 is 2.66 bits per heavy atom. The zero-order valence-electron chi connectivity index (χ0n) is 18.4. The molecule has 1 aliphatic heterocycles. The van der Waals surface area contributed by atoms with E-state index in [1.807, 2.05) is 0 Å². The monoisotopic (exact) mass is 405 g/mol. The Morgan fingerprint density at radius 1 is 1.14 bits per heavy atom. The van der Waals surface area contributed by atoms with E-state index in [4.69, 9.17) is 19.9 Å². The molecule has 0 aromatic carbocycles. The molecule has 2 bridgehead atoms. The molecule has 3 unspecified atom stereocenters. The van der Waals surface area contributed by atoms with Gasteiger partial charge in [0.05, 0.1) is 25.5 Å². The molecule has 0 aromatic heterocycles. The maximum Gasteiger partial charge on any atom is 0.163 e. The van der Waals surface area contributed by atoms with Crippen molar-refractivity contribution in [1.82, 2.24) is 0 Å². The number of rotatable bonds is 4. The van der Waals surface area contributed by atoms with Gasteiger partial charge in [-0.2, -0.15) is 0 Å². The van der Waals surface area contributed by atoms with E-state index in [2.05, 4.69) is 27.4 Å². The number of aliphatic hydroxyl groups excluding tert-OH is 1. The summed E-state index contributed by atoms with van der Waals surface area (Å²) in [6.45, 7) is 12.1. The topological polar surface area (TPSA) is 73.9 Å². The van der Waals surface area contributed by atoms with E-state index in [1.165, 1.54) is 12.0 Å². The summed E-state index contributed by atoms with van der Waals surface area (Å²) in [5, 5.41) is 10.5. The summed E-state index contributed by atoms with van der Waals surface area (Å²) in [5.41, 5.74) is 7.05. The minimum absolute atomic E-state index is 0.0104. The Labute approximate surface area is 175 Å². The molecule has 5 nitrogen and oxygen atoms in total. The van der Waals surface area contributed by atoms with E-state index in [1.54, 1.807) is 0 Å². The van der Waals surface area contributed by atoms with Gasteiger partial charge in [0, 0.05) is 17.4 Å². The van der Waals surface area contributed by atoms with Crippen LogP contribution in [0, 0.1) is 34.0 Å². The van der Waals surface area contributed by atoms with Gasteiger partial charge in [0.15, 0.2) is 5.79 Å². The lowest BCUT2D eigenvalue weighted by molar-refractivity contribution is -0.397. The van der Waals surface area contributed by atoms with Crippen LogP contribution < -0.4 is 5.73 Å². The molecule has 29 heavy (non-hydrogen) atoms. The summed E-state index contributed by atoms with van der Waals surface area (Å²) in [5.74, 6) is 0.783. The molecule has 3 N–H and O–H groups in total. The standard InChI is InChI=1S/C24H39NO4/c1-15-16-6-9-24-18(10-16)23(13-27-14-25)8-5-7-22(4,12-26)17(23)11-19(24)28-21(2,3)29-20(15)24/h16-20,26H,1,5-14,25H2,2-4H3/t16-,17?,18?,19+,20-,22-,23-,24?/m0/s1. The maximum absolute atomic E-state index is 10.5. The fourth-order valence-electron chi connectivity index (χ4n) is 8.70. The SMILES string of the molecule is C=C1[C@H]2CCC34C(C2)[C@]2(COCN)CCC[C@@](C)(CO)C2C[C@H]3OC(C)(C)O[C@@H]14. The summed E-state index contributed by atoms with van der Waals surface area (Å²) < 4.78 is 19.3. The van der Waals surface area contributed by atoms with Gasteiger partial charge in [-0.1, -0.05) is 19.9 Å². The van der Waals surface area contributed by atoms with Gasteiger partial charge >= 0.3 is 0 Å². The third-order valence-electron chi connectivity index (χ3n) is 9.79. The Kier molecular flexibility index (Phi) is 4.60. The minimum atomic E-state index is -0.594. The molecule has 8 atom stereocenters. The van der Waals surface area contributed by atoms with Gasteiger partial charge in [-0.15, -0.1) is 0 Å².